The van der Waals surface area contributed by atoms with Gasteiger partial charge in [0.2, 0.25) is 0 Å². The molecule has 1 amide bonds. The van der Waals surface area contributed by atoms with E-state index < -0.39 is 11.5 Å². The molecule has 1 aliphatic carbocycles. The standard InChI is InChI=1S/C16H19NO4/c1-11(2)6-9-21-13-5-3-4-12(10-13)14(18)17-16(7-8-16)15(19)20/h3-6,10H,7-9H2,1-2H3,(H,17,18)(H,19,20). The highest BCUT2D eigenvalue weighted by Gasteiger charge is 2.51. The van der Waals surface area contributed by atoms with Crippen LogP contribution in [0.1, 0.15) is 37.0 Å². The van der Waals surface area contributed by atoms with E-state index in [1.54, 1.807) is 24.3 Å². The Bertz CT molecular complexity index is 584. The van der Waals surface area contributed by atoms with Crippen molar-refractivity contribution in [1.29, 1.82) is 0 Å². The number of rotatable bonds is 6. The molecular formula is C16H19NO4. The maximum absolute atomic E-state index is 12.1. The fourth-order valence-electron chi connectivity index (χ4n) is 1.84. The minimum absolute atomic E-state index is 0.387. The number of nitrogens with one attached hydrogen (secondary N) is 1. The normalized spacial score (nSPS) is 15.0. The lowest BCUT2D eigenvalue weighted by atomic mass is 10.1. The molecule has 5 heteroatoms. The zero-order valence-corrected chi connectivity index (χ0v) is 12.2. The first-order valence-electron chi connectivity index (χ1n) is 6.85. The average molecular weight is 289 g/mol. The number of carboxylic acid groups (broad SMARTS) is 1. The molecule has 1 saturated carbocycles. The minimum Gasteiger partial charge on any atom is -0.490 e. The van der Waals surface area contributed by atoms with Gasteiger partial charge in [0.05, 0.1) is 0 Å². The second-order valence-corrected chi connectivity index (χ2v) is 5.46. The van der Waals surface area contributed by atoms with E-state index in [2.05, 4.69) is 5.32 Å². The molecule has 0 atom stereocenters. The first-order chi connectivity index (χ1) is 9.93. The number of amides is 1. The number of carbonyl (C=O) groups excluding carboxylic acids is 1. The van der Waals surface area contributed by atoms with Gasteiger partial charge in [-0.1, -0.05) is 11.6 Å². The zero-order valence-electron chi connectivity index (χ0n) is 12.2. The Kier molecular flexibility index (Phi) is 4.31. The van der Waals surface area contributed by atoms with E-state index in [0.717, 1.165) is 5.57 Å². The van der Waals surface area contributed by atoms with E-state index in [0.29, 0.717) is 30.8 Å². The Balaban J connectivity index is 2.01. The summed E-state index contributed by atoms with van der Waals surface area (Å²) in [6, 6.07) is 6.74. The van der Waals surface area contributed by atoms with Gasteiger partial charge in [-0.2, -0.15) is 0 Å². The smallest absolute Gasteiger partial charge is 0.329 e. The molecule has 0 bridgehead atoms. The van der Waals surface area contributed by atoms with Gasteiger partial charge in [-0.25, -0.2) is 4.79 Å². The van der Waals surface area contributed by atoms with Crippen molar-refractivity contribution in [2.45, 2.75) is 32.2 Å². The summed E-state index contributed by atoms with van der Waals surface area (Å²) < 4.78 is 5.53. The molecule has 0 spiro atoms. The fourth-order valence-corrected chi connectivity index (χ4v) is 1.84. The van der Waals surface area contributed by atoms with Gasteiger partial charge in [-0.15, -0.1) is 0 Å². The second kappa shape index (κ2) is 5.99. The van der Waals surface area contributed by atoms with Gasteiger partial charge < -0.3 is 15.2 Å². The van der Waals surface area contributed by atoms with E-state index in [1.807, 2.05) is 19.9 Å². The fraction of sp³-hybridized carbons (Fsp3) is 0.375. The number of hydrogen-bond donors (Lipinski definition) is 2. The van der Waals surface area contributed by atoms with Crippen molar-refractivity contribution in [3.05, 3.63) is 41.5 Å². The molecule has 21 heavy (non-hydrogen) atoms. The highest BCUT2D eigenvalue weighted by molar-refractivity contribution is 5.99. The van der Waals surface area contributed by atoms with Crippen LogP contribution in [0.5, 0.6) is 5.75 Å². The first kappa shape index (κ1) is 15.1. The summed E-state index contributed by atoms with van der Waals surface area (Å²) in [4.78, 5) is 23.2. The van der Waals surface area contributed by atoms with Crippen LogP contribution in [-0.4, -0.2) is 29.1 Å². The van der Waals surface area contributed by atoms with Crippen LogP contribution < -0.4 is 10.1 Å². The Morgan fingerprint density at radius 1 is 1.38 bits per heavy atom. The molecule has 0 radical (unpaired) electrons. The maximum Gasteiger partial charge on any atom is 0.329 e. The van der Waals surface area contributed by atoms with Crippen molar-refractivity contribution in [3.63, 3.8) is 0 Å². The molecular weight excluding hydrogens is 270 g/mol. The van der Waals surface area contributed by atoms with Crippen LogP contribution in [0.4, 0.5) is 0 Å². The number of ether oxygens (including phenoxy) is 1. The van der Waals surface area contributed by atoms with Crippen molar-refractivity contribution in [2.24, 2.45) is 0 Å². The second-order valence-electron chi connectivity index (χ2n) is 5.46. The Morgan fingerprint density at radius 2 is 2.10 bits per heavy atom. The molecule has 0 unspecified atom stereocenters. The highest BCUT2D eigenvalue weighted by atomic mass is 16.5. The van der Waals surface area contributed by atoms with E-state index in [1.165, 1.54) is 0 Å². The topological polar surface area (TPSA) is 75.6 Å². The molecule has 0 heterocycles. The predicted molar refractivity (Wildman–Crippen MR) is 78.4 cm³/mol. The van der Waals surface area contributed by atoms with E-state index in [4.69, 9.17) is 9.84 Å². The summed E-state index contributed by atoms with van der Waals surface area (Å²) >= 11 is 0. The van der Waals surface area contributed by atoms with Crippen LogP contribution in [0.2, 0.25) is 0 Å². The molecule has 2 N–H and O–H groups in total. The molecule has 0 saturated heterocycles. The largest absolute Gasteiger partial charge is 0.490 e. The number of aliphatic carboxylic acids is 1. The molecule has 112 valence electrons. The lowest BCUT2D eigenvalue weighted by Crippen LogP contribution is -2.43. The predicted octanol–water partition coefficient (Wildman–Crippen LogP) is 2.38. The molecule has 1 fully saturated rings. The van der Waals surface area contributed by atoms with Crippen molar-refractivity contribution < 1.29 is 19.4 Å². The summed E-state index contributed by atoms with van der Waals surface area (Å²) in [5.74, 6) is -0.783. The van der Waals surface area contributed by atoms with Crippen molar-refractivity contribution in [3.8, 4) is 5.75 Å². The lowest BCUT2D eigenvalue weighted by molar-refractivity contribution is -0.140. The van der Waals surface area contributed by atoms with E-state index >= 15 is 0 Å². The molecule has 1 aliphatic rings. The van der Waals surface area contributed by atoms with Crippen LogP contribution in [0.15, 0.2) is 35.9 Å². The quantitative estimate of drug-likeness (QED) is 0.788. The van der Waals surface area contributed by atoms with Crippen LogP contribution in [-0.2, 0) is 4.79 Å². The van der Waals surface area contributed by atoms with E-state index in [-0.39, 0.29) is 5.91 Å². The van der Waals surface area contributed by atoms with Crippen molar-refractivity contribution in [1.82, 2.24) is 5.32 Å². The summed E-state index contributed by atoms with van der Waals surface area (Å²) in [7, 11) is 0. The molecule has 5 nitrogen and oxygen atoms in total. The Labute approximate surface area is 123 Å². The minimum atomic E-state index is -1.07. The number of hydrogen-bond acceptors (Lipinski definition) is 3. The van der Waals surface area contributed by atoms with Gasteiger partial charge in [0.25, 0.3) is 5.91 Å². The number of allylic oxidation sites excluding steroid dienone is 1. The third-order valence-electron chi connectivity index (χ3n) is 3.35. The van der Waals surface area contributed by atoms with Gasteiger partial charge in [-0.05, 0) is 51.0 Å². The molecule has 0 aromatic heterocycles. The van der Waals surface area contributed by atoms with Crippen LogP contribution in [0.3, 0.4) is 0 Å². The van der Waals surface area contributed by atoms with Gasteiger partial charge >= 0.3 is 5.97 Å². The molecule has 0 aliphatic heterocycles. The molecule has 2 rings (SSSR count). The summed E-state index contributed by atoms with van der Waals surface area (Å²) in [6.07, 6.45) is 2.89. The number of benzene rings is 1. The monoisotopic (exact) mass is 289 g/mol. The number of carbonyl (C=O) groups is 2. The maximum atomic E-state index is 12.1. The summed E-state index contributed by atoms with van der Waals surface area (Å²) in [6.45, 7) is 4.40. The third kappa shape index (κ3) is 3.84. The number of carboxylic acids is 1. The van der Waals surface area contributed by atoms with Gasteiger partial charge in [0, 0.05) is 5.56 Å². The first-order valence-corrected chi connectivity index (χ1v) is 6.85. The van der Waals surface area contributed by atoms with Gasteiger partial charge in [0.1, 0.15) is 17.9 Å². The summed E-state index contributed by atoms with van der Waals surface area (Å²) in [5, 5.41) is 11.7. The Morgan fingerprint density at radius 3 is 2.67 bits per heavy atom. The summed E-state index contributed by atoms with van der Waals surface area (Å²) in [5.41, 5.74) is 0.481. The third-order valence-corrected chi connectivity index (χ3v) is 3.35. The Hall–Kier alpha value is -2.30. The molecule has 1 aromatic carbocycles. The lowest BCUT2D eigenvalue weighted by Gasteiger charge is -2.13. The van der Waals surface area contributed by atoms with Crippen molar-refractivity contribution >= 4 is 11.9 Å². The van der Waals surface area contributed by atoms with Gasteiger partial charge in [-0.3, -0.25) is 4.79 Å². The van der Waals surface area contributed by atoms with Crippen LogP contribution in [0, 0.1) is 0 Å². The van der Waals surface area contributed by atoms with Crippen LogP contribution in [0.25, 0.3) is 0 Å². The SMILES string of the molecule is CC(C)=CCOc1cccc(C(=O)NC2(C(=O)O)CC2)c1. The average Bonchev–Trinajstić information content (AvgIpc) is 3.19. The van der Waals surface area contributed by atoms with Crippen molar-refractivity contribution in [2.75, 3.05) is 6.61 Å². The highest BCUT2D eigenvalue weighted by Crippen LogP contribution is 2.35. The molecule has 1 aromatic rings. The van der Waals surface area contributed by atoms with Gasteiger partial charge in [0.15, 0.2) is 0 Å². The van der Waals surface area contributed by atoms with E-state index in [9.17, 15) is 9.59 Å². The zero-order chi connectivity index (χ0) is 15.5. The van der Waals surface area contributed by atoms with Crippen LogP contribution >= 0.6 is 0 Å².